The van der Waals surface area contributed by atoms with E-state index in [-0.39, 0.29) is 18.9 Å². The number of benzene rings is 1. The zero-order chi connectivity index (χ0) is 15.7. The van der Waals surface area contributed by atoms with Crippen LogP contribution in [0.4, 0.5) is 0 Å². The van der Waals surface area contributed by atoms with Crippen molar-refractivity contribution in [3.8, 4) is 5.75 Å². The molecule has 5 nitrogen and oxygen atoms in total. The summed E-state index contributed by atoms with van der Waals surface area (Å²) in [5.41, 5.74) is 0.682. The second-order valence-electron chi connectivity index (χ2n) is 4.38. The minimum Gasteiger partial charge on any atom is -0.484 e. The number of hydrogen-bond donors (Lipinski definition) is 1. The van der Waals surface area contributed by atoms with E-state index in [0.29, 0.717) is 24.4 Å². The van der Waals surface area contributed by atoms with Crippen LogP contribution < -0.4 is 4.74 Å². The smallest absolute Gasteiger partial charge is 0.307 e. The van der Waals surface area contributed by atoms with E-state index in [2.05, 4.69) is 13.2 Å². The molecule has 1 aromatic carbocycles. The van der Waals surface area contributed by atoms with Gasteiger partial charge in [0.15, 0.2) is 6.61 Å². The molecule has 5 heteroatoms. The topological polar surface area (TPSA) is 66.8 Å². The number of carbonyl (C=O) groups excluding carboxylic acids is 1. The van der Waals surface area contributed by atoms with E-state index in [1.807, 2.05) is 0 Å². The SMILES string of the molecule is C=CCN(CC=C)C(=O)COc1ccc(CC(=O)O)cc1. The average molecular weight is 289 g/mol. The van der Waals surface area contributed by atoms with Gasteiger partial charge in [0.1, 0.15) is 5.75 Å². The number of aliphatic carboxylic acids is 1. The highest BCUT2D eigenvalue weighted by molar-refractivity contribution is 5.78. The van der Waals surface area contributed by atoms with Crippen molar-refractivity contribution in [1.82, 2.24) is 4.90 Å². The maximum Gasteiger partial charge on any atom is 0.307 e. The molecule has 0 radical (unpaired) electrons. The predicted molar refractivity (Wildman–Crippen MR) is 80.3 cm³/mol. The number of rotatable bonds is 9. The van der Waals surface area contributed by atoms with Crippen LogP contribution in [0, 0.1) is 0 Å². The van der Waals surface area contributed by atoms with Crippen molar-refractivity contribution in [3.63, 3.8) is 0 Å². The second kappa shape index (κ2) is 8.58. The van der Waals surface area contributed by atoms with Crippen molar-refractivity contribution in [1.29, 1.82) is 0 Å². The zero-order valence-corrected chi connectivity index (χ0v) is 11.8. The molecule has 0 aliphatic carbocycles. The van der Waals surface area contributed by atoms with E-state index in [9.17, 15) is 9.59 Å². The Balaban J connectivity index is 2.53. The Labute approximate surface area is 124 Å². The number of carboxylic acid groups (broad SMARTS) is 1. The maximum atomic E-state index is 11.9. The molecule has 1 amide bonds. The quantitative estimate of drug-likeness (QED) is 0.705. The average Bonchev–Trinajstić information content (AvgIpc) is 2.45. The third-order valence-corrected chi connectivity index (χ3v) is 2.69. The van der Waals surface area contributed by atoms with Crippen LogP contribution >= 0.6 is 0 Å². The molecule has 21 heavy (non-hydrogen) atoms. The van der Waals surface area contributed by atoms with E-state index < -0.39 is 5.97 Å². The fraction of sp³-hybridized carbons (Fsp3) is 0.250. The Hall–Kier alpha value is -2.56. The van der Waals surface area contributed by atoms with Crippen LogP contribution in [0.2, 0.25) is 0 Å². The van der Waals surface area contributed by atoms with Gasteiger partial charge >= 0.3 is 5.97 Å². The van der Waals surface area contributed by atoms with E-state index in [1.54, 1.807) is 41.3 Å². The van der Waals surface area contributed by atoms with Gasteiger partial charge in [-0.1, -0.05) is 24.3 Å². The molecular formula is C16H19NO4. The summed E-state index contributed by atoms with van der Waals surface area (Å²) in [6, 6.07) is 6.63. The van der Waals surface area contributed by atoms with Crippen LogP contribution in [0.15, 0.2) is 49.6 Å². The number of hydrogen-bond acceptors (Lipinski definition) is 3. The molecule has 0 aliphatic heterocycles. The third kappa shape index (κ3) is 5.95. The van der Waals surface area contributed by atoms with Gasteiger partial charge in [0, 0.05) is 13.1 Å². The molecule has 0 spiro atoms. The number of carboxylic acids is 1. The zero-order valence-electron chi connectivity index (χ0n) is 11.8. The van der Waals surface area contributed by atoms with Crippen LogP contribution in [-0.4, -0.2) is 41.6 Å². The first-order valence-electron chi connectivity index (χ1n) is 6.50. The molecule has 1 aromatic rings. The highest BCUT2D eigenvalue weighted by Gasteiger charge is 2.11. The molecule has 0 aromatic heterocycles. The van der Waals surface area contributed by atoms with E-state index in [1.165, 1.54) is 0 Å². The minimum absolute atomic E-state index is 0.0361. The van der Waals surface area contributed by atoms with Gasteiger partial charge in [-0.05, 0) is 17.7 Å². The molecule has 0 saturated heterocycles. The molecule has 0 fully saturated rings. The van der Waals surface area contributed by atoms with Crippen LogP contribution in [0.25, 0.3) is 0 Å². The minimum atomic E-state index is -0.886. The highest BCUT2D eigenvalue weighted by atomic mass is 16.5. The van der Waals surface area contributed by atoms with Crippen LogP contribution in [0.5, 0.6) is 5.75 Å². The summed E-state index contributed by atoms with van der Waals surface area (Å²) in [6.45, 7) is 7.99. The lowest BCUT2D eigenvalue weighted by molar-refractivity contribution is -0.136. The first-order valence-corrected chi connectivity index (χ1v) is 6.50. The van der Waals surface area contributed by atoms with Gasteiger partial charge in [0.2, 0.25) is 0 Å². The predicted octanol–water partition coefficient (Wildman–Crippen LogP) is 1.89. The van der Waals surface area contributed by atoms with Crippen LogP contribution in [0.1, 0.15) is 5.56 Å². The lowest BCUT2D eigenvalue weighted by Gasteiger charge is -2.19. The molecule has 0 atom stereocenters. The van der Waals surface area contributed by atoms with Gasteiger partial charge in [-0.3, -0.25) is 9.59 Å². The summed E-state index contributed by atoms with van der Waals surface area (Å²) in [7, 11) is 0. The lowest BCUT2D eigenvalue weighted by Crippen LogP contribution is -2.35. The summed E-state index contributed by atoms with van der Waals surface area (Å²) in [4.78, 5) is 24.1. The standard InChI is InChI=1S/C16H19NO4/c1-3-9-17(10-4-2)15(18)12-21-14-7-5-13(6-8-14)11-16(19)20/h3-8H,1-2,9-12H2,(H,19,20). The first-order chi connectivity index (χ1) is 10.1. The highest BCUT2D eigenvalue weighted by Crippen LogP contribution is 2.12. The molecule has 0 saturated carbocycles. The molecule has 112 valence electrons. The van der Waals surface area contributed by atoms with Gasteiger partial charge in [-0.25, -0.2) is 0 Å². The first kappa shape index (κ1) is 16.5. The molecular weight excluding hydrogens is 270 g/mol. The van der Waals surface area contributed by atoms with Crippen molar-refractivity contribution in [2.75, 3.05) is 19.7 Å². The normalized spacial score (nSPS) is 9.71. The Kier molecular flexibility index (Phi) is 6.74. The van der Waals surface area contributed by atoms with Crippen molar-refractivity contribution in [3.05, 3.63) is 55.1 Å². The summed E-state index contributed by atoms with van der Waals surface area (Å²) < 4.78 is 5.39. The molecule has 1 N–H and O–H groups in total. The van der Waals surface area contributed by atoms with Gasteiger partial charge in [-0.2, -0.15) is 0 Å². The molecule has 0 unspecified atom stereocenters. The van der Waals surface area contributed by atoms with E-state index in [4.69, 9.17) is 9.84 Å². The molecule has 0 aliphatic rings. The summed E-state index contributed by atoms with van der Waals surface area (Å²) in [5, 5.41) is 8.68. The Morgan fingerprint density at radius 1 is 1.14 bits per heavy atom. The number of ether oxygens (including phenoxy) is 1. The van der Waals surface area contributed by atoms with Crippen molar-refractivity contribution in [2.45, 2.75) is 6.42 Å². The van der Waals surface area contributed by atoms with E-state index in [0.717, 1.165) is 0 Å². The number of nitrogens with zero attached hydrogens (tertiary/aromatic N) is 1. The van der Waals surface area contributed by atoms with Crippen molar-refractivity contribution < 1.29 is 19.4 Å². The van der Waals surface area contributed by atoms with Crippen LogP contribution in [-0.2, 0) is 16.0 Å². The fourth-order valence-corrected chi connectivity index (χ4v) is 1.70. The Bertz CT molecular complexity index is 498. The van der Waals surface area contributed by atoms with Gasteiger partial charge in [0.25, 0.3) is 5.91 Å². The summed E-state index contributed by atoms with van der Waals surface area (Å²) >= 11 is 0. The fourth-order valence-electron chi connectivity index (χ4n) is 1.70. The van der Waals surface area contributed by atoms with E-state index >= 15 is 0 Å². The molecule has 0 heterocycles. The van der Waals surface area contributed by atoms with Crippen molar-refractivity contribution >= 4 is 11.9 Å². The second-order valence-corrected chi connectivity index (χ2v) is 4.38. The number of carbonyl (C=O) groups is 2. The van der Waals surface area contributed by atoms with Gasteiger partial charge in [-0.15, -0.1) is 13.2 Å². The maximum absolute atomic E-state index is 11.9. The lowest BCUT2D eigenvalue weighted by atomic mass is 10.1. The third-order valence-electron chi connectivity index (χ3n) is 2.69. The summed E-state index contributed by atoms with van der Waals surface area (Å²) in [6.07, 6.45) is 3.25. The Morgan fingerprint density at radius 3 is 2.19 bits per heavy atom. The van der Waals surface area contributed by atoms with Crippen molar-refractivity contribution in [2.24, 2.45) is 0 Å². The Morgan fingerprint density at radius 2 is 1.71 bits per heavy atom. The van der Waals surface area contributed by atoms with Gasteiger partial charge < -0.3 is 14.7 Å². The van der Waals surface area contributed by atoms with Crippen LogP contribution in [0.3, 0.4) is 0 Å². The molecule has 1 rings (SSSR count). The largest absolute Gasteiger partial charge is 0.484 e. The van der Waals surface area contributed by atoms with Gasteiger partial charge in [0.05, 0.1) is 6.42 Å². The number of amides is 1. The molecule has 0 bridgehead atoms. The monoisotopic (exact) mass is 289 g/mol. The summed E-state index contributed by atoms with van der Waals surface area (Å²) in [5.74, 6) is -0.526.